The maximum absolute atomic E-state index is 13.0. The van der Waals surface area contributed by atoms with Crippen molar-refractivity contribution in [1.82, 2.24) is 29.0 Å². The van der Waals surface area contributed by atoms with Crippen LogP contribution >= 0.6 is 11.3 Å². The number of rotatable bonds is 5. The normalized spacial score (nSPS) is 20.4. The Kier molecular flexibility index (Phi) is 6.63. The summed E-state index contributed by atoms with van der Waals surface area (Å²) in [4.78, 5) is 29.8. The Morgan fingerprint density at radius 1 is 1.23 bits per heavy atom. The fraction of sp³-hybridized carbons (Fsp3) is 0.591. The number of nitriles is 1. The van der Waals surface area contributed by atoms with E-state index in [-0.39, 0.29) is 24.5 Å². The van der Waals surface area contributed by atoms with Gasteiger partial charge in [-0.25, -0.2) is 14.8 Å². The molecular formula is C22H27F3N8OS. The van der Waals surface area contributed by atoms with Gasteiger partial charge in [-0.3, -0.25) is 9.47 Å². The van der Waals surface area contributed by atoms with Crippen LogP contribution in [0.4, 0.5) is 19.0 Å². The van der Waals surface area contributed by atoms with Gasteiger partial charge in [0, 0.05) is 44.1 Å². The van der Waals surface area contributed by atoms with Crippen LogP contribution < -0.4 is 10.6 Å². The lowest BCUT2D eigenvalue weighted by Crippen LogP contribution is -2.57. The largest absolute Gasteiger partial charge is 0.443 e. The first kappa shape index (κ1) is 25.1. The van der Waals surface area contributed by atoms with Crippen LogP contribution in [0.15, 0.2) is 10.2 Å². The highest BCUT2D eigenvalue weighted by Crippen LogP contribution is 2.36. The van der Waals surface area contributed by atoms with Crippen LogP contribution in [0.5, 0.6) is 0 Å². The summed E-state index contributed by atoms with van der Waals surface area (Å²) in [5.74, 6) is 1.04. The van der Waals surface area contributed by atoms with Gasteiger partial charge in [-0.1, -0.05) is 0 Å². The van der Waals surface area contributed by atoms with Crippen molar-refractivity contribution in [2.24, 2.45) is 7.05 Å². The van der Waals surface area contributed by atoms with Crippen LogP contribution in [0.1, 0.15) is 50.3 Å². The number of imidazole rings is 1. The van der Waals surface area contributed by atoms with Crippen molar-refractivity contribution < 1.29 is 13.2 Å². The van der Waals surface area contributed by atoms with Crippen LogP contribution in [-0.2, 0) is 26.2 Å². The fourth-order valence-electron chi connectivity index (χ4n) is 4.79. The third-order valence-corrected chi connectivity index (χ3v) is 7.49. The predicted molar refractivity (Wildman–Crippen MR) is 126 cm³/mol. The van der Waals surface area contributed by atoms with Gasteiger partial charge >= 0.3 is 11.9 Å². The monoisotopic (exact) mass is 508 g/mol. The summed E-state index contributed by atoms with van der Waals surface area (Å²) in [7, 11) is 1.64. The Labute approximate surface area is 204 Å². The van der Waals surface area contributed by atoms with E-state index < -0.39 is 16.9 Å². The summed E-state index contributed by atoms with van der Waals surface area (Å²) < 4.78 is 42.4. The Hall–Kier alpha value is -2.98. The highest BCUT2D eigenvalue weighted by molar-refractivity contribution is 7.09. The zero-order valence-corrected chi connectivity index (χ0v) is 21.0. The van der Waals surface area contributed by atoms with Crippen LogP contribution in [0.3, 0.4) is 0 Å². The summed E-state index contributed by atoms with van der Waals surface area (Å²) in [6.07, 6.45) is -4.34. The molecule has 0 bridgehead atoms. The maximum atomic E-state index is 13.0. The third-order valence-electron chi connectivity index (χ3n) is 6.59. The van der Waals surface area contributed by atoms with Gasteiger partial charge in [-0.2, -0.15) is 23.4 Å². The number of hydrogen-bond donors (Lipinski definition) is 0. The summed E-state index contributed by atoms with van der Waals surface area (Å²) in [5, 5.41) is 9.86. The molecule has 0 amide bonds. The van der Waals surface area contributed by atoms with E-state index in [1.165, 1.54) is 9.95 Å². The van der Waals surface area contributed by atoms with Crippen LogP contribution in [0.25, 0.3) is 11.2 Å². The first-order valence-electron chi connectivity index (χ1n) is 11.4. The number of aromatic nitrogens is 5. The zero-order valence-electron chi connectivity index (χ0n) is 20.2. The number of hydrogen-bond acceptors (Lipinski definition) is 8. The van der Waals surface area contributed by atoms with Gasteiger partial charge in [0.15, 0.2) is 10.8 Å². The van der Waals surface area contributed by atoms with Crippen molar-refractivity contribution in [2.75, 3.05) is 18.0 Å². The average Bonchev–Trinajstić information content (AvgIpc) is 3.43. The molecule has 4 heterocycles. The van der Waals surface area contributed by atoms with Gasteiger partial charge in [-0.05, 0) is 27.7 Å². The second-order valence-corrected chi connectivity index (χ2v) is 9.71. The molecule has 0 aliphatic carbocycles. The Morgan fingerprint density at radius 3 is 2.54 bits per heavy atom. The van der Waals surface area contributed by atoms with Gasteiger partial charge in [0.1, 0.15) is 17.0 Å². The third kappa shape index (κ3) is 4.40. The second kappa shape index (κ2) is 9.23. The molecular weight excluding hydrogens is 481 g/mol. The smallest absolute Gasteiger partial charge is 0.349 e. The Bertz CT molecular complexity index is 1340. The zero-order chi connectivity index (χ0) is 25.7. The van der Waals surface area contributed by atoms with Crippen molar-refractivity contribution in [1.29, 1.82) is 5.26 Å². The molecule has 9 nitrogen and oxygen atoms in total. The second-order valence-electron chi connectivity index (χ2n) is 8.85. The molecule has 1 unspecified atom stereocenters. The predicted octanol–water partition coefficient (Wildman–Crippen LogP) is 3.35. The number of nitrogens with zero attached hydrogens (tertiary/aromatic N) is 8. The molecule has 1 fully saturated rings. The lowest BCUT2D eigenvalue weighted by molar-refractivity contribution is -0.137. The molecule has 13 heteroatoms. The van der Waals surface area contributed by atoms with Crippen LogP contribution in [-0.4, -0.2) is 54.2 Å². The summed E-state index contributed by atoms with van der Waals surface area (Å²) in [5.41, 5.74) is 1.16. The molecule has 3 aromatic heterocycles. The Balaban J connectivity index is 1.68. The molecule has 35 heavy (non-hydrogen) atoms. The molecule has 1 aliphatic rings. The number of aryl methyl sites for hydroxylation is 2. The number of piperazine rings is 1. The molecule has 3 atom stereocenters. The molecule has 0 radical (unpaired) electrons. The average molecular weight is 509 g/mol. The fourth-order valence-corrected chi connectivity index (χ4v) is 5.57. The number of fused-ring (bicyclic) bond motifs is 1. The summed E-state index contributed by atoms with van der Waals surface area (Å²) >= 11 is 0.609. The van der Waals surface area contributed by atoms with Gasteiger partial charge < -0.3 is 9.47 Å². The minimum absolute atomic E-state index is 0.0509. The number of alkyl halides is 3. The van der Waals surface area contributed by atoms with Crippen LogP contribution in [0, 0.1) is 11.3 Å². The lowest BCUT2D eigenvalue weighted by Gasteiger charge is -2.46. The maximum Gasteiger partial charge on any atom is 0.443 e. The first-order valence-corrected chi connectivity index (χ1v) is 12.2. The number of thiazole rings is 1. The molecule has 188 valence electrons. The molecule has 1 aliphatic heterocycles. The SMILES string of the molecule is CCn1c(CC#N)nc2c(N3C[C@@H](C)N(C(C)c4csc(C(F)(F)F)n4)C[C@@H]3C)nc(=O)n(C)c21. The van der Waals surface area contributed by atoms with E-state index in [0.717, 1.165) is 0 Å². The summed E-state index contributed by atoms with van der Waals surface area (Å²) in [6, 6.07) is 1.68. The highest BCUT2D eigenvalue weighted by Gasteiger charge is 2.38. The van der Waals surface area contributed by atoms with E-state index in [4.69, 9.17) is 0 Å². The van der Waals surface area contributed by atoms with Crippen molar-refractivity contribution >= 4 is 28.3 Å². The molecule has 0 saturated carbocycles. The topological polar surface area (TPSA) is 95.9 Å². The van der Waals surface area contributed by atoms with Crippen molar-refractivity contribution in [3.63, 3.8) is 0 Å². The van der Waals surface area contributed by atoms with E-state index in [0.29, 0.717) is 59.5 Å². The molecule has 0 aromatic carbocycles. The number of anilines is 1. The summed E-state index contributed by atoms with van der Waals surface area (Å²) in [6.45, 7) is 9.37. The van der Waals surface area contributed by atoms with E-state index in [2.05, 4.69) is 25.9 Å². The van der Waals surface area contributed by atoms with Crippen LogP contribution in [0.2, 0.25) is 0 Å². The standard InChI is InChI=1S/C22H27F3N8OS/c1-6-31-16(7-8-26)28-17-18(29-21(34)30(5)19(17)31)33-10-12(2)32(9-13(33)3)14(4)15-11-35-20(27-15)22(23,24)25/h11-14H,6-7,9-10H2,1-5H3/t12-,13+,14?/m1/s1. The quantitative estimate of drug-likeness (QED) is 0.522. The molecule has 4 rings (SSSR count). The first-order chi connectivity index (χ1) is 16.5. The van der Waals surface area contributed by atoms with Crippen molar-refractivity contribution in [3.05, 3.63) is 32.4 Å². The van der Waals surface area contributed by atoms with E-state index in [1.54, 1.807) is 7.05 Å². The molecule has 1 saturated heterocycles. The molecule has 0 N–H and O–H groups in total. The van der Waals surface area contributed by atoms with E-state index >= 15 is 0 Å². The van der Waals surface area contributed by atoms with Gasteiger partial charge in [0.2, 0.25) is 0 Å². The van der Waals surface area contributed by atoms with Gasteiger partial charge in [-0.15, -0.1) is 11.3 Å². The van der Waals surface area contributed by atoms with Gasteiger partial charge in [0.05, 0.1) is 24.2 Å². The van der Waals surface area contributed by atoms with Crippen molar-refractivity contribution in [3.8, 4) is 6.07 Å². The highest BCUT2D eigenvalue weighted by atomic mass is 32.1. The van der Waals surface area contributed by atoms with E-state index in [9.17, 15) is 23.2 Å². The minimum atomic E-state index is -4.46. The molecule has 0 spiro atoms. The number of halogens is 3. The lowest BCUT2D eigenvalue weighted by atomic mass is 10.0. The van der Waals surface area contributed by atoms with Crippen molar-refractivity contribution in [2.45, 2.75) is 65.0 Å². The Morgan fingerprint density at radius 2 is 1.94 bits per heavy atom. The van der Waals surface area contributed by atoms with E-state index in [1.807, 2.05) is 37.2 Å². The van der Waals surface area contributed by atoms with Gasteiger partial charge in [0.25, 0.3) is 0 Å². The minimum Gasteiger partial charge on any atom is -0.349 e. The molecule has 3 aromatic rings.